The Morgan fingerprint density at radius 3 is 2.41 bits per heavy atom. The van der Waals surface area contributed by atoms with Crippen LogP contribution in [0.3, 0.4) is 0 Å². The third kappa shape index (κ3) is 5.88. The van der Waals surface area contributed by atoms with Crippen molar-refractivity contribution in [2.24, 2.45) is 5.92 Å². The second kappa shape index (κ2) is 9.98. The van der Waals surface area contributed by atoms with Gasteiger partial charge in [0.15, 0.2) is 6.04 Å². The van der Waals surface area contributed by atoms with Crippen LogP contribution in [0.15, 0.2) is 30.3 Å². The first-order valence-electron chi connectivity index (χ1n) is 8.04. The number of methoxy groups -OCH3 is 1. The lowest BCUT2D eigenvalue weighted by Crippen LogP contribution is -2.35. The quantitative estimate of drug-likeness (QED) is 0.709. The van der Waals surface area contributed by atoms with Crippen molar-refractivity contribution in [2.45, 2.75) is 52.0 Å². The largest absolute Gasteiger partial charge is 0.467 e. The summed E-state index contributed by atoms with van der Waals surface area (Å²) in [5.74, 6) is -0.169. The smallest absolute Gasteiger partial charge is 0.333 e. The molecule has 0 spiro atoms. The van der Waals surface area contributed by atoms with E-state index in [1.807, 2.05) is 30.3 Å². The number of esters is 1. The first-order valence-corrected chi connectivity index (χ1v) is 8.04. The number of hydrogen-bond donors (Lipinski definition) is 1. The number of hydrogen-bond acceptors (Lipinski definition) is 3. The van der Waals surface area contributed by atoms with Crippen LogP contribution >= 0.6 is 0 Å². The summed E-state index contributed by atoms with van der Waals surface area (Å²) >= 11 is 0. The summed E-state index contributed by atoms with van der Waals surface area (Å²) in [6.45, 7) is 4.25. The van der Waals surface area contributed by atoms with Crippen molar-refractivity contribution in [1.82, 2.24) is 5.32 Å². The monoisotopic (exact) mass is 305 g/mol. The van der Waals surface area contributed by atoms with Crippen molar-refractivity contribution in [2.75, 3.05) is 7.11 Å². The van der Waals surface area contributed by atoms with Gasteiger partial charge in [-0.15, -0.1) is 0 Å². The minimum absolute atomic E-state index is 0.0952. The van der Waals surface area contributed by atoms with Crippen LogP contribution in [0.25, 0.3) is 0 Å². The molecule has 0 aromatic heterocycles. The first kappa shape index (κ1) is 18.2. The van der Waals surface area contributed by atoms with Gasteiger partial charge in [-0.05, 0) is 17.9 Å². The fourth-order valence-electron chi connectivity index (χ4n) is 2.47. The Morgan fingerprint density at radius 2 is 1.86 bits per heavy atom. The van der Waals surface area contributed by atoms with Crippen molar-refractivity contribution in [3.63, 3.8) is 0 Å². The normalized spacial score (nSPS) is 13.2. The molecule has 22 heavy (non-hydrogen) atoms. The van der Waals surface area contributed by atoms with E-state index in [9.17, 15) is 9.59 Å². The molecule has 0 fully saturated rings. The van der Waals surface area contributed by atoms with E-state index >= 15 is 0 Å². The van der Waals surface area contributed by atoms with E-state index in [1.165, 1.54) is 7.11 Å². The molecule has 0 unspecified atom stereocenters. The van der Waals surface area contributed by atoms with E-state index in [-0.39, 0.29) is 5.91 Å². The van der Waals surface area contributed by atoms with Crippen LogP contribution in [0.2, 0.25) is 0 Å². The Balaban J connectivity index is 2.69. The number of rotatable bonds is 9. The second-order valence-electron chi connectivity index (χ2n) is 5.55. The number of amides is 1. The number of nitrogens with one attached hydrogen (secondary N) is 1. The summed E-state index contributed by atoms with van der Waals surface area (Å²) in [6, 6.07) is 8.45. The molecule has 0 bridgehead atoms. The Hall–Kier alpha value is -1.84. The van der Waals surface area contributed by atoms with Crippen molar-refractivity contribution < 1.29 is 14.3 Å². The third-order valence-corrected chi connectivity index (χ3v) is 3.89. The summed E-state index contributed by atoms with van der Waals surface area (Å²) in [6.07, 6.45) is 4.74. The Kier molecular flexibility index (Phi) is 8.26. The predicted molar refractivity (Wildman–Crippen MR) is 87.3 cm³/mol. The maximum atomic E-state index is 12.3. The summed E-state index contributed by atoms with van der Waals surface area (Å²) in [5.41, 5.74) is 0.740. The van der Waals surface area contributed by atoms with Crippen LogP contribution in [-0.2, 0) is 14.3 Å². The van der Waals surface area contributed by atoms with E-state index in [0.29, 0.717) is 12.3 Å². The molecule has 0 saturated carbocycles. The molecule has 1 rings (SSSR count). The van der Waals surface area contributed by atoms with Crippen molar-refractivity contribution in [1.29, 1.82) is 0 Å². The van der Waals surface area contributed by atoms with Gasteiger partial charge in [0.05, 0.1) is 7.11 Å². The molecule has 0 aliphatic carbocycles. The van der Waals surface area contributed by atoms with Gasteiger partial charge in [0.1, 0.15) is 0 Å². The molecule has 1 aromatic carbocycles. The molecule has 0 radical (unpaired) electrons. The van der Waals surface area contributed by atoms with Crippen molar-refractivity contribution >= 4 is 11.9 Å². The molecule has 2 atom stereocenters. The Bertz CT molecular complexity index is 459. The van der Waals surface area contributed by atoms with Gasteiger partial charge in [0.2, 0.25) is 5.91 Å². The number of carbonyl (C=O) groups excluding carboxylic acids is 2. The van der Waals surface area contributed by atoms with E-state index < -0.39 is 12.0 Å². The fraction of sp³-hybridized carbons (Fsp3) is 0.556. The zero-order valence-electron chi connectivity index (χ0n) is 13.8. The van der Waals surface area contributed by atoms with Crippen LogP contribution < -0.4 is 5.32 Å². The van der Waals surface area contributed by atoms with Gasteiger partial charge in [-0.2, -0.15) is 0 Å². The summed E-state index contributed by atoms with van der Waals surface area (Å²) in [4.78, 5) is 24.2. The zero-order valence-corrected chi connectivity index (χ0v) is 13.8. The molecular weight excluding hydrogens is 278 g/mol. The molecule has 1 aromatic rings. The molecule has 4 heteroatoms. The van der Waals surface area contributed by atoms with Crippen molar-refractivity contribution in [3.8, 4) is 0 Å². The van der Waals surface area contributed by atoms with Gasteiger partial charge in [-0.1, -0.05) is 63.4 Å². The fourth-order valence-corrected chi connectivity index (χ4v) is 2.47. The molecule has 0 aliphatic rings. The lowest BCUT2D eigenvalue weighted by Gasteiger charge is -2.19. The highest BCUT2D eigenvalue weighted by Gasteiger charge is 2.24. The second-order valence-corrected chi connectivity index (χ2v) is 5.55. The van der Waals surface area contributed by atoms with Gasteiger partial charge in [0.25, 0.3) is 0 Å². The van der Waals surface area contributed by atoms with Crippen LogP contribution in [0, 0.1) is 5.92 Å². The Labute approximate surface area is 133 Å². The predicted octanol–water partition coefficient (Wildman–Crippen LogP) is 3.62. The topological polar surface area (TPSA) is 55.4 Å². The summed E-state index contributed by atoms with van der Waals surface area (Å²) < 4.78 is 4.81. The maximum Gasteiger partial charge on any atom is 0.333 e. The van der Waals surface area contributed by atoms with Gasteiger partial charge in [0, 0.05) is 6.42 Å². The minimum atomic E-state index is -0.734. The Morgan fingerprint density at radius 1 is 1.18 bits per heavy atom. The van der Waals surface area contributed by atoms with Crippen LogP contribution in [0.4, 0.5) is 0 Å². The number of unbranched alkanes of at least 4 members (excludes halogenated alkanes) is 1. The van der Waals surface area contributed by atoms with E-state index in [1.54, 1.807) is 0 Å². The molecule has 1 N–H and O–H groups in total. The average molecular weight is 305 g/mol. The number of benzene rings is 1. The van der Waals surface area contributed by atoms with Gasteiger partial charge in [-0.25, -0.2) is 4.79 Å². The van der Waals surface area contributed by atoms with Gasteiger partial charge in [-0.3, -0.25) is 4.79 Å². The number of ether oxygens (including phenoxy) is 1. The highest BCUT2D eigenvalue weighted by Crippen LogP contribution is 2.19. The molecule has 4 nitrogen and oxygen atoms in total. The van der Waals surface area contributed by atoms with Crippen molar-refractivity contribution in [3.05, 3.63) is 35.9 Å². The van der Waals surface area contributed by atoms with Gasteiger partial charge < -0.3 is 10.1 Å². The van der Waals surface area contributed by atoms with E-state index in [4.69, 9.17) is 4.74 Å². The zero-order chi connectivity index (χ0) is 16.4. The summed E-state index contributed by atoms with van der Waals surface area (Å²) in [5, 5.41) is 2.81. The lowest BCUT2D eigenvalue weighted by molar-refractivity contribution is -0.145. The third-order valence-electron chi connectivity index (χ3n) is 3.89. The molecular formula is C18H27NO3. The average Bonchev–Trinajstić information content (AvgIpc) is 2.56. The van der Waals surface area contributed by atoms with Crippen LogP contribution in [-0.4, -0.2) is 19.0 Å². The molecule has 1 amide bonds. The number of carbonyl (C=O) groups is 2. The summed E-state index contributed by atoms with van der Waals surface area (Å²) in [7, 11) is 1.33. The van der Waals surface area contributed by atoms with Gasteiger partial charge >= 0.3 is 5.97 Å². The highest BCUT2D eigenvalue weighted by atomic mass is 16.5. The molecule has 0 heterocycles. The SMILES string of the molecule is CCCC[C@@H](CC)CC(=O)N[C@H](C(=O)OC)c1ccccc1. The molecule has 0 saturated heterocycles. The maximum absolute atomic E-state index is 12.3. The van der Waals surface area contributed by atoms with Crippen LogP contribution in [0.1, 0.15) is 57.6 Å². The standard InChI is InChI=1S/C18H27NO3/c1-4-6-10-14(5-2)13-16(20)19-17(18(21)22-3)15-11-8-7-9-12-15/h7-9,11-12,14,17H,4-6,10,13H2,1-3H3,(H,19,20)/t14-,17+/m1/s1. The minimum Gasteiger partial charge on any atom is -0.467 e. The lowest BCUT2D eigenvalue weighted by atomic mass is 9.95. The molecule has 0 aliphatic heterocycles. The molecule has 122 valence electrons. The van der Waals surface area contributed by atoms with E-state index in [2.05, 4.69) is 19.2 Å². The van der Waals surface area contributed by atoms with Crippen LogP contribution in [0.5, 0.6) is 0 Å². The highest BCUT2D eigenvalue weighted by molar-refractivity contribution is 5.85. The first-order chi connectivity index (χ1) is 10.6. The van der Waals surface area contributed by atoms with E-state index in [0.717, 1.165) is 31.2 Å².